The third-order valence-electron chi connectivity index (χ3n) is 5.09. The molecule has 1 fully saturated rings. The topological polar surface area (TPSA) is 64.6 Å². The number of hydrogen-bond donors (Lipinski definition) is 1. The molecule has 1 saturated carbocycles. The summed E-state index contributed by atoms with van der Waals surface area (Å²) in [6.07, 6.45) is 12.8. The molecule has 1 aliphatic rings. The summed E-state index contributed by atoms with van der Waals surface area (Å²) in [5.74, 6) is 0.886. The van der Waals surface area contributed by atoms with Gasteiger partial charge < -0.3 is 9.47 Å². The molecule has 0 heterocycles. The Kier molecular flexibility index (Phi) is 8.72. The van der Waals surface area contributed by atoms with Crippen LogP contribution < -0.4 is 14.2 Å². The summed E-state index contributed by atoms with van der Waals surface area (Å²) in [6.45, 7) is 0. The molecular formula is C20H33NO4S. The van der Waals surface area contributed by atoms with Crippen molar-refractivity contribution >= 4 is 10.0 Å². The van der Waals surface area contributed by atoms with E-state index in [1.54, 1.807) is 25.3 Å². The highest BCUT2D eigenvalue weighted by Crippen LogP contribution is 2.29. The maximum Gasteiger partial charge on any atom is 0.244 e. The predicted molar refractivity (Wildman–Crippen MR) is 104 cm³/mol. The van der Waals surface area contributed by atoms with Crippen LogP contribution in [0, 0.1) is 0 Å². The fourth-order valence-electron chi connectivity index (χ4n) is 3.56. The van der Waals surface area contributed by atoms with Crippen molar-refractivity contribution in [3.63, 3.8) is 0 Å². The van der Waals surface area contributed by atoms with Crippen LogP contribution in [0.2, 0.25) is 0 Å². The summed E-state index contributed by atoms with van der Waals surface area (Å²) in [4.78, 5) is 0.173. The van der Waals surface area contributed by atoms with Crippen LogP contribution >= 0.6 is 0 Å². The van der Waals surface area contributed by atoms with Gasteiger partial charge in [0, 0.05) is 12.1 Å². The Labute approximate surface area is 158 Å². The monoisotopic (exact) mass is 383 g/mol. The molecule has 1 N–H and O–H groups in total. The molecule has 0 spiro atoms. The molecule has 2 rings (SSSR count). The molecule has 0 saturated heterocycles. The Morgan fingerprint density at radius 2 is 1.38 bits per heavy atom. The summed E-state index contributed by atoms with van der Waals surface area (Å²) in [7, 11) is -0.600. The van der Waals surface area contributed by atoms with Crippen LogP contribution in [0.25, 0.3) is 0 Å². The summed E-state index contributed by atoms with van der Waals surface area (Å²) < 4.78 is 39.2. The highest BCUT2D eigenvalue weighted by molar-refractivity contribution is 7.89. The van der Waals surface area contributed by atoms with Crippen molar-refractivity contribution in [1.82, 2.24) is 4.72 Å². The van der Waals surface area contributed by atoms with E-state index in [-0.39, 0.29) is 10.9 Å². The second-order valence-electron chi connectivity index (χ2n) is 7.09. The molecule has 0 amide bonds. The Bertz CT molecular complexity index is 633. The molecule has 26 heavy (non-hydrogen) atoms. The van der Waals surface area contributed by atoms with Gasteiger partial charge in [0.25, 0.3) is 0 Å². The van der Waals surface area contributed by atoms with Gasteiger partial charge in [-0.25, -0.2) is 13.1 Å². The zero-order chi connectivity index (χ0) is 18.8. The molecule has 1 aromatic carbocycles. The largest absolute Gasteiger partial charge is 0.497 e. The highest BCUT2D eigenvalue weighted by atomic mass is 32.2. The first-order valence-electron chi connectivity index (χ1n) is 9.81. The average Bonchev–Trinajstić information content (AvgIpc) is 2.63. The summed E-state index contributed by atoms with van der Waals surface area (Å²) in [6, 6.07) is 4.80. The normalized spacial score (nSPS) is 18.5. The minimum absolute atomic E-state index is 0.00812. The van der Waals surface area contributed by atoms with E-state index >= 15 is 0 Å². The Balaban J connectivity index is 2.09. The number of rotatable bonds is 5. The highest BCUT2D eigenvalue weighted by Gasteiger charge is 2.24. The molecule has 0 aliphatic heterocycles. The zero-order valence-corrected chi connectivity index (χ0v) is 16.9. The van der Waals surface area contributed by atoms with Crippen LogP contribution in [-0.2, 0) is 10.0 Å². The quantitative estimate of drug-likeness (QED) is 0.803. The van der Waals surface area contributed by atoms with Gasteiger partial charge in [-0.3, -0.25) is 0 Å². The van der Waals surface area contributed by atoms with Gasteiger partial charge in [0.2, 0.25) is 10.0 Å². The maximum atomic E-state index is 12.9. The number of hydrogen-bond acceptors (Lipinski definition) is 4. The second kappa shape index (κ2) is 10.8. The molecule has 0 aromatic heterocycles. The minimum Gasteiger partial charge on any atom is -0.497 e. The van der Waals surface area contributed by atoms with Crippen LogP contribution in [0.4, 0.5) is 0 Å². The summed E-state index contributed by atoms with van der Waals surface area (Å²) >= 11 is 0. The van der Waals surface area contributed by atoms with Gasteiger partial charge in [0.1, 0.15) is 16.4 Å². The van der Waals surface area contributed by atoms with E-state index in [0.29, 0.717) is 11.5 Å². The van der Waals surface area contributed by atoms with E-state index in [4.69, 9.17) is 9.47 Å². The van der Waals surface area contributed by atoms with E-state index < -0.39 is 10.0 Å². The standard InChI is InChI=1S/C20H33NO4S/c1-24-18-14-15-20(19(16-18)25-2)26(22,23)21-17-12-10-8-6-4-3-5-7-9-11-13-17/h14-17,21H,3-13H2,1-2H3. The average molecular weight is 384 g/mol. The van der Waals surface area contributed by atoms with E-state index in [1.807, 2.05) is 0 Å². The van der Waals surface area contributed by atoms with Crippen LogP contribution in [0.5, 0.6) is 11.5 Å². The summed E-state index contributed by atoms with van der Waals surface area (Å²) in [5.41, 5.74) is 0. The lowest BCUT2D eigenvalue weighted by molar-refractivity contribution is 0.385. The van der Waals surface area contributed by atoms with Crippen LogP contribution in [0.15, 0.2) is 23.1 Å². The molecule has 6 heteroatoms. The number of nitrogens with one attached hydrogen (secondary N) is 1. The summed E-state index contributed by atoms with van der Waals surface area (Å²) in [5, 5.41) is 0. The van der Waals surface area contributed by atoms with E-state index in [9.17, 15) is 8.42 Å². The van der Waals surface area contributed by atoms with Crippen LogP contribution in [0.1, 0.15) is 70.6 Å². The molecule has 0 bridgehead atoms. The van der Waals surface area contributed by atoms with Crippen molar-refractivity contribution in [2.24, 2.45) is 0 Å². The minimum atomic E-state index is -3.62. The van der Waals surface area contributed by atoms with Gasteiger partial charge in [-0.1, -0.05) is 57.8 Å². The first-order valence-corrected chi connectivity index (χ1v) is 11.3. The van der Waals surface area contributed by atoms with Crippen molar-refractivity contribution in [2.75, 3.05) is 14.2 Å². The molecule has 0 unspecified atom stereocenters. The van der Waals surface area contributed by atoms with Crippen molar-refractivity contribution in [3.05, 3.63) is 18.2 Å². The first-order chi connectivity index (χ1) is 12.6. The second-order valence-corrected chi connectivity index (χ2v) is 8.78. The van der Waals surface area contributed by atoms with Crippen LogP contribution in [-0.4, -0.2) is 28.7 Å². The van der Waals surface area contributed by atoms with Crippen molar-refractivity contribution in [2.45, 2.75) is 81.6 Å². The van der Waals surface area contributed by atoms with E-state index in [1.165, 1.54) is 52.1 Å². The molecule has 5 nitrogen and oxygen atoms in total. The number of methoxy groups -OCH3 is 2. The van der Waals surface area contributed by atoms with Crippen molar-refractivity contribution in [3.8, 4) is 11.5 Å². The van der Waals surface area contributed by atoms with E-state index in [0.717, 1.165) is 25.7 Å². The van der Waals surface area contributed by atoms with Gasteiger partial charge in [-0.15, -0.1) is 0 Å². The maximum absolute atomic E-state index is 12.9. The fraction of sp³-hybridized carbons (Fsp3) is 0.700. The Morgan fingerprint density at radius 3 is 1.88 bits per heavy atom. The molecule has 0 atom stereocenters. The van der Waals surface area contributed by atoms with Crippen LogP contribution in [0.3, 0.4) is 0 Å². The third-order valence-corrected chi connectivity index (χ3v) is 6.65. The lowest BCUT2D eigenvalue weighted by atomic mass is 9.98. The molecule has 1 aromatic rings. The molecular weight excluding hydrogens is 350 g/mol. The SMILES string of the molecule is COc1ccc(S(=O)(=O)NC2CCCCCCCCCCC2)c(OC)c1. The number of ether oxygens (including phenoxy) is 2. The number of sulfonamides is 1. The van der Waals surface area contributed by atoms with E-state index in [2.05, 4.69) is 4.72 Å². The van der Waals surface area contributed by atoms with Gasteiger partial charge in [0.15, 0.2) is 0 Å². The lowest BCUT2D eigenvalue weighted by Gasteiger charge is -2.20. The van der Waals surface area contributed by atoms with Gasteiger partial charge in [-0.05, 0) is 25.0 Å². The lowest BCUT2D eigenvalue weighted by Crippen LogP contribution is -2.35. The van der Waals surface area contributed by atoms with Gasteiger partial charge in [-0.2, -0.15) is 0 Å². The smallest absolute Gasteiger partial charge is 0.244 e. The zero-order valence-electron chi connectivity index (χ0n) is 16.1. The van der Waals surface area contributed by atoms with Gasteiger partial charge in [0.05, 0.1) is 14.2 Å². The Hall–Kier alpha value is -1.27. The molecule has 1 aliphatic carbocycles. The Morgan fingerprint density at radius 1 is 0.846 bits per heavy atom. The van der Waals surface area contributed by atoms with Gasteiger partial charge >= 0.3 is 0 Å². The third kappa shape index (κ3) is 6.47. The number of benzene rings is 1. The first kappa shape index (κ1) is 21.0. The van der Waals surface area contributed by atoms with Crippen molar-refractivity contribution in [1.29, 1.82) is 0 Å². The van der Waals surface area contributed by atoms with Crippen molar-refractivity contribution < 1.29 is 17.9 Å². The predicted octanol–water partition coefficient (Wildman–Crippen LogP) is 4.66. The fourth-order valence-corrected chi connectivity index (χ4v) is 5.02. The molecule has 148 valence electrons. The molecule has 0 radical (unpaired) electrons.